The molecule has 0 unspecified atom stereocenters. The van der Waals surface area contributed by atoms with Gasteiger partial charge in [-0.05, 0) is 55.9 Å². The molecule has 8 rings (SSSR count). The fourth-order valence-electron chi connectivity index (χ4n) is 5.60. The van der Waals surface area contributed by atoms with Crippen LogP contribution < -0.4 is 15.9 Å². The van der Waals surface area contributed by atoms with Crippen molar-refractivity contribution in [1.29, 1.82) is 0 Å². The maximum atomic E-state index is 3.63. The van der Waals surface area contributed by atoms with Crippen molar-refractivity contribution in [3.8, 4) is 0 Å². The Morgan fingerprint density at radius 2 is 0.509 bits per heavy atom. The van der Waals surface area contributed by atoms with E-state index in [0.29, 0.717) is 0 Å². The first kappa shape index (κ1) is 39.2. The van der Waals surface area contributed by atoms with Crippen LogP contribution in [0.3, 0.4) is 0 Å². The van der Waals surface area contributed by atoms with Gasteiger partial charge in [-0.1, -0.05) is 188 Å². The van der Waals surface area contributed by atoms with E-state index in [0.717, 1.165) is 33.4 Å². The Bertz CT molecular complexity index is 1870. The molecule has 0 atom stereocenters. The smallest absolute Gasteiger partial charge is 0.174 e. The van der Waals surface area contributed by atoms with E-state index in [4.69, 9.17) is 0 Å². The molecule has 0 nitrogen and oxygen atoms in total. The Balaban J connectivity index is 0.000000186. The number of benzene rings is 7. The molecule has 1 aliphatic rings. The number of rotatable bonds is 8. The van der Waals surface area contributed by atoms with Crippen molar-refractivity contribution in [3.05, 3.63) is 279 Å². The Labute approximate surface area is 329 Å². The Kier molecular flexibility index (Phi) is 16.3. The number of hydrogen-bond acceptors (Lipinski definition) is 0. The summed E-state index contributed by atoms with van der Waals surface area (Å²) < 4.78 is 0. The molecule has 5 radical (unpaired) electrons. The summed E-state index contributed by atoms with van der Waals surface area (Å²) in [4.78, 5) is 0. The average Bonchev–Trinajstić information content (AvgIpc) is 3.83. The summed E-state index contributed by atoms with van der Waals surface area (Å²) in [5, 5.41) is 4.19. The van der Waals surface area contributed by atoms with E-state index in [1.165, 1.54) is 15.9 Å². The zero-order valence-corrected chi connectivity index (χ0v) is 31.3. The van der Waals surface area contributed by atoms with E-state index >= 15 is 0 Å². The topological polar surface area (TPSA) is 0 Å². The SMILES string of the molecule is [C-](=C(C(=[C-]c1ccccc1)c1ccccc1)c1ccccc1)c1ccccc1.[CH]1[CH][CH][CH][CH]1.[Co+3].c1ccc(P(c2ccccc2)c2ccccc2)cc1. The largest absolute Gasteiger partial charge is 3.00 e. The molecule has 2 heteroatoms. The van der Waals surface area contributed by atoms with Crippen LogP contribution in [0, 0.1) is 44.3 Å². The fourth-order valence-corrected chi connectivity index (χ4v) is 7.90. The van der Waals surface area contributed by atoms with E-state index in [2.05, 4.69) is 176 Å². The second-order valence-corrected chi connectivity index (χ2v) is 14.0. The van der Waals surface area contributed by atoms with Crippen molar-refractivity contribution in [2.75, 3.05) is 0 Å². The molecule has 1 fully saturated rings. The van der Waals surface area contributed by atoms with E-state index in [9.17, 15) is 0 Å². The van der Waals surface area contributed by atoms with Gasteiger partial charge in [0.1, 0.15) is 0 Å². The summed E-state index contributed by atoms with van der Waals surface area (Å²) in [7, 11) is -0.446. The first-order valence-corrected chi connectivity index (χ1v) is 18.8. The molecule has 257 valence electrons. The van der Waals surface area contributed by atoms with E-state index < -0.39 is 7.92 Å². The van der Waals surface area contributed by atoms with E-state index in [1.807, 2.05) is 80.6 Å². The third-order valence-electron chi connectivity index (χ3n) is 8.06. The third-order valence-corrected chi connectivity index (χ3v) is 10.5. The number of hydrogen-bond donors (Lipinski definition) is 0. The quantitative estimate of drug-likeness (QED) is 0.0630. The molecule has 7 aromatic carbocycles. The van der Waals surface area contributed by atoms with Gasteiger partial charge in [0, 0.05) is 0 Å². The molecular formula is C51H40CoP+. The summed E-state index contributed by atoms with van der Waals surface area (Å²) in [5.74, 6) is 0. The van der Waals surface area contributed by atoms with Crippen molar-refractivity contribution in [3.63, 3.8) is 0 Å². The number of allylic oxidation sites excluding steroid dienone is 2. The molecule has 7 aromatic rings. The second-order valence-electron chi connectivity index (χ2n) is 11.8. The molecular weight excluding hydrogens is 702 g/mol. The van der Waals surface area contributed by atoms with Gasteiger partial charge < -0.3 is 0 Å². The average molecular weight is 743 g/mol. The zero-order valence-electron chi connectivity index (χ0n) is 29.4. The first-order valence-electron chi connectivity index (χ1n) is 17.5. The minimum absolute atomic E-state index is 0. The first-order chi connectivity index (χ1) is 25.8. The van der Waals surface area contributed by atoms with Crippen LogP contribution >= 0.6 is 7.92 Å². The van der Waals surface area contributed by atoms with Crippen LogP contribution in [0.2, 0.25) is 0 Å². The molecule has 0 amide bonds. The molecule has 1 aliphatic carbocycles. The van der Waals surface area contributed by atoms with Crippen LogP contribution in [0.1, 0.15) is 22.3 Å². The minimum Gasteiger partial charge on any atom is -0.174 e. The van der Waals surface area contributed by atoms with Crippen molar-refractivity contribution < 1.29 is 16.8 Å². The second kappa shape index (κ2) is 22.1. The van der Waals surface area contributed by atoms with Gasteiger partial charge in [0.15, 0.2) is 0 Å². The summed E-state index contributed by atoms with van der Waals surface area (Å²) in [6.45, 7) is 0. The van der Waals surface area contributed by atoms with Gasteiger partial charge >= 0.3 is 16.8 Å². The van der Waals surface area contributed by atoms with Crippen LogP contribution in [0.15, 0.2) is 212 Å². The molecule has 0 spiro atoms. The molecule has 0 N–H and O–H groups in total. The summed E-state index contributed by atoms with van der Waals surface area (Å²) >= 11 is 0. The molecule has 53 heavy (non-hydrogen) atoms. The van der Waals surface area contributed by atoms with Gasteiger partial charge in [-0.3, -0.25) is 0 Å². The van der Waals surface area contributed by atoms with E-state index in [1.54, 1.807) is 0 Å². The Hall–Kier alpha value is -5.04. The van der Waals surface area contributed by atoms with Crippen LogP contribution in [-0.4, -0.2) is 0 Å². The van der Waals surface area contributed by atoms with Gasteiger partial charge in [0.25, 0.3) is 0 Å². The summed E-state index contributed by atoms with van der Waals surface area (Å²) in [6.07, 6.45) is 17.3. The van der Waals surface area contributed by atoms with Crippen molar-refractivity contribution in [1.82, 2.24) is 0 Å². The Morgan fingerprint density at radius 3 is 0.774 bits per heavy atom. The molecule has 0 saturated heterocycles. The van der Waals surface area contributed by atoms with Crippen LogP contribution in [0.5, 0.6) is 0 Å². The predicted molar refractivity (Wildman–Crippen MR) is 224 cm³/mol. The zero-order chi connectivity index (χ0) is 35.5. The monoisotopic (exact) mass is 742 g/mol. The van der Waals surface area contributed by atoms with Crippen molar-refractivity contribution in [2.24, 2.45) is 0 Å². The van der Waals surface area contributed by atoms with Crippen LogP contribution in [0.25, 0.3) is 11.1 Å². The molecule has 0 heterocycles. The molecule has 0 aromatic heterocycles. The van der Waals surface area contributed by atoms with Gasteiger partial charge in [-0.15, -0.1) is 46.5 Å². The maximum Gasteiger partial charge on any atom is 3.00 e. The maximum absolute atomic E-state index is 3.63. The molecule has 0 aliphatic heterocycles. The third kappa shape index (κ3) is 12.3. The summed E-state index contributed by atoms with van der Waals surface area (Å²) in [5.41, 5.74) is 6.39. The van der Waals surface area contributed by atoms with Gasteiger partial charge in [0.05, 0.1) is 0 Å². The van der Waals surface area contributed by atoms with Crippen molar-refractivity contribution in [2.45, 2.75) is 0 Å². The summed E-state index contributed by atoms with van der Waals surface area (Å²) in [6, 6.07) is 73.7. The normalized spacial score (nSPS) is 12.4. The van der Waals surface area contributed by atoms with Crippen LogP contribution in [-0.2, 0) is 16.8 Å². The van der Waals surface area contributed by atoms with Gasteiger partial charge in [0.2, 0.25) is 0 Å². The van der Waals surface area contributed by atoms with Gasteiger partial charge in [-0.2, -0.15) is 23.3 Å². The molecule has 0 bridgehead atoms. The predicted octanol–water partition coefficient (Wildman–Crippen LogP) is 11.3. The van der Waals surface area contributed by atoms with Crippen molar-refractivity contribution >= 4 is 35.0 Å². The fraction of sp³-hybridized carbons (Fsp3) is 0. The minimum atomic E-state index is -0.446. The van der Waals surface area contributed by atoms with Gasteiger partial charge in [-0.25, -0.2) is 0 Å². The Morgan fingerprint density at radius 1 is 0.283 bits per heavy atom. The standard InChI is InChI=1S/C28H20.C18H15P.C5H5.Co/c1-5-13-23(14-6-1)21-27(25-17-9-3-10-18-25)28(26-19-11-4-12-20-26)22-24-15-7-2-8-16-24;1-4-10-16(11-5-1)19(17-12-6-2-7-13-17)18-14-8-3-9-15-18;1-2-4-5-3-1;/h1-20H;1-15H;1-5H;/q-2;;;+3. The van der Waals surface area contributed by atoms with E-state index in [-0.39, 0.29) is 16.8 Å². The molecule has 1 saturated carbocycles. The van der Waals surface area contributed by atoms with Crippen LogP contribution in [0.4, 0.5) is 0 Å².